The Morgan fingerprint density at radius 2 is 2.18 bits per heavy atom. The second-order valence-electron chi connectivity index (χ2n) is 3.97. The molecule has 6 heteroatoms. The zero-order valence-corrected chi connectivity index (χ0v) is 10.2. The smallest absolute Gasteiger partial charge is 0.325 e. The maximum absolute atomic E-state index is 11.5. The summed E-state index contributed by atoms with van der Waals surface area (Å²) in [6.45, 7) is 4.58. The molecule has 0 aliphatic carbocycles. The molecular formula is C11H19N3O3. The number of hydrogen-bond donors (Lipinski definition) is 3. The van der Waals surface area contributed by atoms with Crippen LogP contribution < -0.4 is 11.0 Å². The predicted molar refractivity (Wildman–Crippen MR) is 63.9 cm³/mol. The molecule has 96 valence electrons. The number of nitrogens with zero attached hydrogens (tertiary/aromatic N) is 1. The number of aliphatic hydroxyl groups excluding tert-OH is 1. The number of H-pyrrole nitrogens is 1. The van der Waals surface area contributed by atoms with E-state index < -0.39 is 0 Å². The van der Waals surface area contributed by atoms with Crippen LogP contribution in [0.1, 0.15) is 24.2 Å². The summed E-state index contributed by atoms with van der Waals surface area (Å²) in [6, 6.07) is 0. The average Bonchev–Trinajstić information content (AvgIpc) is 2.51. The van der Waals surface area contributed by atoms with E-state index in [0.717, 1.165) is 11.4 Å². The van der Waals surface area contributed by atoms with E-state index in [2.05, 4.69) is 10.3 Å². The highest BCUT2D eigenvalue weighted by atomic mass is 16.3. The van der Waals surface area contributed by atoms with Crippen LogP contribution in [0.2, 0.25) is 0 Å². The maximum Gasteiger partial charge on any atom is 0.325 e. The van der Waals surface area contributed by atoms with Gasteiger partial charge in [0.25, 0.3) is 0 Å². The molecule has 0 fully saturated rings. The van der Waals surface area contributed by atoms with Gasteiger partial charge in [0.15, 0.2) is 0 Å². The fraction of sp³-hybridized carbons (Fsp3) is 0.636. The van der Waals surface area contributed by atoms with E-state index in [4.69, 9.17) is 5.11 Å². The van der Waals surface area contributed by atoms with E-state index in [1.54, 1.807) is 4.57 Å². The highest BCUT2D eigenvalue weighted by Gasteiger charge is 2.08. The molecule has 1 aromatic heterocycles. The Kier molecular flexibility index (Phi) is 4.96. The summed E-state index contributed by atoms with van der Waals surface area (Å²) in [5.41, 5.74) is 1.51. The number of hydrogen-bond acceptors (Lipinski definition) is 3. The highest BCUT2D eigenvalue weighted by molar-refractivity contribution is 5.75. The van der Waals surface area contributed by atoms with Crippen molar-refractivity contribution in [2.45, 2.75) is 33.2 Å². The molecule has 0 aliphatic heterocycles. The number of aromatic nitrogens is 2. The molecule has 0 atom stereocenters. The molecule has 1 aromatic rings. The summed E-state index contributed by atoms with van der Waals surface area (Å²) in [5, 5.41) is 11.2. The summed E-state index contributed by atoms with van der Waals surface area (Å²) in [4.78, 5) is 25.6. The number of carbonyl (C=O) groups is 1. The fourth-order valence-electron chi connectivity index (χ4n) is 1.55. The van der Waals surface area contributed by atoms with Gasteiger partial charge in [0, 0.05) is 37.5 Å². The number of rotatable bonds is 6. The number of carbonyl (C=O) groups excluding carboxylic acids is 1. The van der Waals surface area contributed by atoms with Crippen LogP contribution in [0.4, 0.5) is 0 Å². The Hall–Kier alpha value is -1.56. The number of imidazole rings is 1. The molecule has 0 radical (unpaired) electrons. The number of aromatic amines is 1. The first-order valence-electron chi connectivity index (χ1n) is 5.70. The zero-order chi connectivity index (χ0) is 12.8. The van der Waals surface area contributed by atoms with Crippen LogP contribution in [-0.4, -0.2) is 33.7 Å². The Labute approximate surface area is 99.7 Å². The highest BCUT2D eigenvalue weighted by Crippen LogP contribution is 2.00. The first kappa shape index (κ1) is 13.5. The van der Waals surface area contributed by atoms with Crippen molar-refractivity contribution in [1.82, 2.24) is 14.9 Å². The van der Waals surface area contributed by atoms with Crippen LogP contribution in [0.3, 0.4) is 0 Å². The third-order valence-corrected chi connectivity index (χ3v) is 2.71. The van der Waals surface area contributed by atoms with Gasteiger partial charge >= 0.3 is 5.69 Å². The van der Waals surface area contributed by atoms with Crippen molar-refractivity contribution >= 4 is 5.91 Å². The summed E-state index contributed by atoms with van der Waals surface area (Å²) in [7, 11) is 0. The van der Waals surface area contributed by atoms with Crippen molar-refractivity contribution in [1.29, 1.82) is 0 Å². The molecular weight excluding hydrogens is 222 g/mol. The van der Waals surface area contributed by atoms with Crippen molar-refractivity contribution in [2.75, 3.05) is 13.2 Å². The van der Waals surface area contributed by atoms with E-state index in [0.29, 0.717) is 19.5 Å². The first-order valence-corrected chi connectivity index (χ1v) is 5.70. The van der Waals surface area contributed by atoms with Crippen molar-refractivity contribution in [3.63, 3.8) is 0 Å². The van der Waals surface area contributed by atoms with Gasteiger partial charge in [0.05, 0.1) is 0 Å². The average molecular weight is 241 g/mol. The molecule has 1 rings (SSSR count). The van der Waals surface area contributed by atoms with E-state index in [1.165, 1.54) is 0 Å². The minimum Gasteiger partial charge on any atom is -0.396 e. The molecule has 0 unspecified atom stereocenters. The molecule has 0 saturated heterocycles. The lowest BCUT2D eigenvalue weighted by Gasteiger charge is -2.05. The van der Waals surface area contributed by atoms with E-state index in [1.807, 2.05) is 13.8 Å². The number of nitrogens with one attached hydrogen (secondary N) is 2. The van der Waals surface area contributed by atoms with Crippen LogP contribution in [0.5, 0.6) is 0 Å². The van der Waals surface area contributed by atoms with E-state index in [9.17, 15) is 9.59 Å². The molecule has 0 bridgehead atoms. The third kappa shape index (κ3) is 3.74. The molecule has 0 aromatic carbocycles. The lowest BCUT2D eigenvalue weighted by Crippen LogP contribution is -2.28. The lowest BCUT2D eigenvalue weighted by atomic mass is 10.3. The van der Waals surface area contributed by atoms with E-state index in [-0.39, 0.29) is 24.6 Å². The molecule has 1 amide bonds. The monoisotopic (exact) mass is 241 g/mol. The van der Waals surface area contributed by atoms with Crippen molar-refractivity contribution < 1.29 is 9.90 Å². The minimum atomic E-state index is -0.178. The second kappa shape index (κ2) is 6.24. The summed E-state index contributed by atoms with van der Waals surface area (Å²) >= 11 is 0. The minimum absolute atomic E-state index is 0.0653. The van der Waals surface area contributed by atoms with Gasteiger partial charge in [0.2, 0.25) is 5.91 Å². The Balaban J connectivity index is 2.45. The quantitative estimate of drug-likeness (QED) is 0.597. The van der Waals surface area contributed by atoms with Crippen molar-refractivity contribution in [3.8, 4) is 0 Å². The standard InChI is InChI=1S/C11H19N3O3/c1-8-9(2)14(11(17)13-8)6-4-10(16)12-5-3-7-15/h15H,3-7H2,1-2H3,(H,12,16)(H,13,17). The van der Waals surface area contributed by atoms with Gasteiger partial charge in [-0.1, -0.05) is 0 Å². The fourth-order valence-corrected chi connectivity index (χ4v) is 1.55. The van der Waals surface area contributed by atoms with Gasteiger partial charge in [-0.2, -0.15) is 0 Å². The Bertz CT molecular complexity index is 434. The van der Waals surface area contributed by atoms with Crippen LogP contribution >= 0.6 is 0 Å². The predicted octanol–water partition coefficient (Wildman–Crippen LogP) is -0.318. The van der Waals surface area contributed by atoms with E-state index >= 15 is 0 Å². The van der Waals surface area contributed by atoms with Crippen LogP contribution in [-0.2, 0) is 11.3 Å². The van der Waals surface area contributed by atoms with Gasteiger partial charge in [-0.25, -0.2) is 4.79 Å². The molecule has 6 nitrogen and oxygen atoms in total. The van der Waals surface area contributed by atoms with Gasteiger partial charge in [-0.3, -0.25) is 9.36 Å². The van der Waals surface area contributed by atoms with Gasteiger partial charge in [-0.15, -0.1) is 0 Å². The van der Waals surface area contributed by atoms with Crippen LogP contribution in [0.15, 0.2) is 4.79 Å². The second-order valence-corrected chi connectivity index (χ2v) is 3.97. The Morgan fingerprint density at radius 1 is 1.47 bits per heavy atom. The number of amides is 1. The van der Waals surface area contributed by atoms with Gasteiger partial charge in [-0.05, 0) is 20.3 Å². The molecule has 1 heterocycles. The topological polar surface area (TPSA) is 87.1 Å². The summed E-state index contributed by atoms with van der Waals surface area (Å²) in [5.74, 6) is -0.108. The lowest BCUT2D eigenvalue weighted by molar-refractivity contribution is -0.121. The van der Waals surface area contributed by atoms with Crippen molar-refractivity contribution in [2.24, 2.45) is 0 Å². The largest absolute Gasteiger partial charge is 0.396 e. The van der Waals surface area contributed by atoms with Gasteiger partial charge < -0.3 is 15.4 Å². The summed E-state index contributed by atoms with van der Waals surface area (Å²) in [6.07, 6.45) is 0.817. The SMILES string of the molecule is Cc1[nH]c(=O)n(CCC(=O)NCCCO)c1C. The molecule has 0 saturated carbocycles. The molecule has 17 heavy (non-hydrogen) atoms. The van der Waals surface area contributed by atoms with Crippen LogP contribution in [0.25, 0.3) is 0 Å². The zero-order valence-electron chi connectivity index (χ0n) is 10.2. The van der Waals surface area contributed by atoms with Crippen LogP contribution in [0, 0.1) is 13.8 Å². The van der Waals surface area contributed by atoms with Gasteiger partial charge in [0.1, 0.15) is 0 Å². The number of aliphatic hydroxyl groups is 1. The summed E-state index contributed by atoms with van der Waals surface area (Å²) < 4.78 is 1.56. The van der Waals surface area contributed by atoms with Crippen molar-refractivity contribution in [3.05, 3.63) is 21.9 Å². The Morgan fingerprint density at radius 3 is 2.71 bits per heavy atom. The number of aryl methyl sites for hydroxylation is 1. The molecule has 0 spiro atoms. The molecule has 0 aliphatic rings. The molecule has 3 N–H and O–H groups in total. The first-order chi connectivity index (χ1) is 8.06. The third-order valence-electron chi connectivity index (χ3n) is 2.71. The normalized spacial score (nSPS) is 10.5. The maximum atomic E-state index is 11.5.